The van der Waals surface area contributed by atoms with Crippen molar-refractivity contribution in [2.75, 3.05) is 12.4 Å². The molecule has 2 N–H and O–H groups in total. The zero-order chi connectivity index (χ0) is 19.7. The second kappa shape index (κ2) is 7.59. The van der Waals surface area contributed by atoms with Crippen molar-refractivity contribution in [1.29, 1.82) is 0 Å². The minimum atomic E-state index is -0.165. The monoisotopic (exact) mass is 394 g/mol. The van der Waals surface area contributed by atoms with E-state index < -0.39 is 0 Å². The zero-order valence-electron chi connectivity index (χ0n) is 15.7. The van der Waals surface area contributed by atoms with Crippen molar-refractivity contribution in [3.63, 3.8) is 0 Å². The van der Waals surface area contributed by atoms with Gasteiger partial charge >= 0.3 is 0 Å². The molecule has 6 nitrogen and oxygen atoms in total. The van der Waals surface area contributed by atoms with Gasteiger partial charge in [-0.3, -0.25) is 14.2 Å². The van der Waals surface area contributed by atoms with Gasteiger partial charge in [0.05, 0.1) is 5.39 Å². The van der Waals surface area contributed by atoms with Crippen LogP contribution in [-0.2, 0) is 19.4 Å². The molecule has 0 aliphatic heterocycles. The van der Waals surface area contributed by atoms with E-state index in [9.17, 15) is 9.59 Å². The number of nitrogens with one attached hydrogen (secondary N) is 2. The molecule has 1 aliphatic rings. The van der Waals surface area contributed by atoms with Crippen LogP contribution in [0.1, 0.15) is 33.6 Å². The fraction of sp³-hybridized carbons (Fsp3) is 0.286. The maximum Gasteiger partial charge on any atom is 0.264 e. The van der Waals surface area contributed by atoms with Crippen molar-refractivity contribution in [3.8, 4) is 0 Å². The SMILES string of the molecule is C=CCn1c(Nc2cccc(C(=O)NC)c2)nc2sc3c(c2c1=O)CCCC3. The first-order valence-corrected chi connectivity index (χ1v) is 10.2. The van der Waals surface area contributed by atoms with Crippen LogP contribution in [0.4, 0.5) is 11.6 Å². The van der Waals surface area contributed by atoms with Crippen molar-refractivity contribution in [2.45, 2.75) is 32.2 Å². The molecule has 4 rings (SSSR count). The molecule has 144 valence electrons. The molecule has 2 heterocycles. The first kappa shape index (κ1) is 18.4. The summed E-state index contributed by atoms with van der Waals surface area (Å²) in [5.74, 6) is 0.298. The van der Waals surface area contributed by atoms with E-state index in [0.29, 0.717) is 23.7 Å². The van der Waals surface area contributed by atoms with Crippen LogP contribution in [0.25, 0.3) is 10.2 Å². The molecule has 0 atom stereocenters. The molecule has 28 heavy (non-hydrogen) atoms. The van der Waals surface area contributed by atoms with Crippen LogP contribution < -0.4 is 16.2 Å². The molecule has 1 aliphatic carbocycles. The number of carbonyl (C=O) groups is 1. The molecule has 7 heteroatoms. The van der Waals surface area contributed by atoms with Gasteiger partial charge in [-0.1, -0.05) is 12.1 Å². The van der Waals surface area contributed by atoms with Gasteiger partial charge in [-0.2, -0.15) is 0 Å². The highest BCUT2D eigenvalue weighted by atomic mass is 32.1. The van der Waals surface area contributed by atoms with E-state index >= 15 is 0 Å². The number of carbonyl (C=O) groups excluding carboxylic acids is 1. The number of benzene rings is 1. The predicted octanol–water partition coefficient (Wildman–Crippen LogP) is 3.63. The van der Waals surface area contributed by atoms with E-state index in [1.54, 1.807) is 47.2 Å². The van der Waals surface area contributed by atoms with Gasteiger partial charge in [0.15, 0.2) is 0 Å². The summed E-state index contributed by atoms with van der Waals surface area (Å²) in [4.78, 5) is 32.0. The number of hydrogen-bond acceptors (Lipinski definition) is 5. The number of thiophene rings is 1. The van der Waals surface area contributed by atoms with Gasteiger partial charge in [-0.15, -0.1) is 17.9 Å². The Hall–Kier alpha value is -2.93. The summed E-state index contributed by atoms with van der Waals surface area (Å²) in [7, 11) is 1.60. The van der Waals surface area contributed by atoms with Crippen molar-refractivity contribution >= 4 is 39.1 Å². The summed E-state index contributed by atoms with van der Waals surface area (Å²) in [6.45, 7) is 4.15. The number of allylic oxidation sites excluding steroid dienone is 1. The number of amides is 1. The van der Waals surface area contributed by atoms with Gasteiger partial charge < -0.3 is 10.6 Å². The van der Waals surface area contributed by atoms with Crippen LogP contribution in [0.3, 0.4) is 0 Å². The normalized spacial score (nSPS) is 13.2. The van der Waals surface area contributed by atoms with E-state index in [1.165, 1.54) is 10.4 Å². The van der Waals surface area contributed by atoms with E-state index in [4.69, 9.17) is 4.98 Å². The lowest BCUT2D eigenvalue weighted by Gasteiger charge is -2.14. The Bertz CT molecular complexity index is 1130. The molecule has 0 saturated heterocycles. The molecule has 1 aromatic carbocycles. The maximum atomic E-state index is 13.3. The Labute approximate surface area is 166 Å². The molecule has 0 radical (unpaired) electrons. The minimum absolute atomic E-state index is 0.0331. The lowest BCUT2D eigenvalue weighted by Crippen LogP contribution is -2.24. The third-order valence-electron chi connectivity index (χ3n) is 4.99. The van der Waals surface area contributed by atoms with Crippen LogP contribution in [0.2, 0.25) is 0 Å². The number of rotatable bonds is 5. The summed E-state index contributed by atoms with van der Waals surface area (Å²) in [5, 5.41) is 6.59. The number of nitrogens with zero attached hydrogens (tertiary/aromatic N) is 2. The van der Waals surface area contributed by atoms with Gasteiger partial charge in [0.25, 0.3) is 11.5 Å². The topological polar surface area (TPSA) is 76.0 Å². The third-order valence-corrected chi connectivity index (χ3v) is 6.18. The Balaban J connectivity index is 1.82. The molecule has 0 unspecified atom stereocenters. The second-order valence-corrected chi connectivity index (χ2v) is 7.90. The Kier molecular flexibility index (Phi) is 5.00. The second-order valence-electron chi connectivity index (χ2n) is 6.82. The van der Waals surface area contributed by atoms with Crippen molar-refractivity contribution in [1.82, 2.24) is 14.9 Å². The summed E-state index contributed by atoms with van der Waals surface area (Å²) in [5.41, 5.74) is 2.38. The quantitative estimate of drug-likeness (QED) is 0.648. The molecule has 3 aromatic rings. The van der Waals surface area contributed by atoms with Crippen molar-refractivity contribution in [2.24, 2.45) is 0 Å². The third kappa shape index (κ3) is 3.22. The van der Waals surface area contributed by atoms with Crippen LogP contribution in [-0.4, -0.2) is 22.5 Å². The van der Waals surface area contributed by atoms with Crippen LogP contribution in [0, 0.1) is 0 Å². The fourth-order valence-electron chi connectivity index (χ4n) is 3.64. The van der Waals surface area contributed by atoms with Gasteiger partial charge in [-0.25, -0.2) is 4.98 Å². The summed E-state index contributed by atoms with van der Waals surface area (Å²) in [6.07, 6.45) is 5.94. The Morgan fingerprint density at radius 1 is 1.36 bits per heavy atom. The van der Waals surface area contributed by atoms with Crippen molar-refractivity contribution < 1.29 is 4.79 Å². The summed E-state index contributed by atoms with van der Waals surface area (Å²) in [6, 6.07) is 7.13. The number of anilines is 2. The number of fused-ring (bicyclic) bond motifs is 3. The smallest absolute Gasteiger partial charge is 0.264 e. The van der Waals surface area contributed by atoms with E-state index in [2.05, 4.69) is 17.2 Å². The summed E-state index contributed by atoms with van der Waals surface area (Å²) >= 11 is 1.62. The van der Waals surface area contributed by atoms with Crippen LogP contribution >= 0.6 is 11.3 Å². The highest BCUT2D eigenvalue weighted by molar-refractivity contribution is 7.18. The van der Waals surface area contributed by atoms with Gasteiger partial charge in [-0.05, 0) is 49.4 Å². The maximum absolute atomic E-state index is 13.3. The fourth-order valence-corrected chi connectivity index (χ4v) is 4.90. The molecular weight excluding hydrogens is 372 g/mol. The molecular formula is C21H22N4O2S. The Morgan fingerprint density at radius 2 is 2.18 bits per heavy atom. The molecule has 0 spiro atoms. The van der Waals surface area contributed by atoms with Gasteiger partial charge in [0.2, 0.25) is 5.95 Å². The Morgan fingerprint density at radius 3 is 2.96 bits per heavy atom. The largest absolute Gasteiger partial charge is 0.355 e. The van der Waals surface area contributed by atoms with Crippen LogP contribution in [0.15, 0.2) is 41.7 Å². The molecule has 0 bridgehead atoms. The van der Waals surface area contributed by atoms with E-state index in [1.807, 2.05) is 6.07 Å². The standard InChI is InChI=1S/C21H22N4O2S/c1-3-11-25-20(27)17-15-9-4-5-10-16(15)28-19(17)24-21(25)23-14-8-6-7-13(12-14)18(26)22-2/h3,6-8,12H,1,4-5,9-11H2,2H3,(H,22,26)(H,23,24). The number of aromatic nitrogens is 2. The van der Waals surface area contributed by atoms with Crippen LogP contribution in [0.5, 0.6) is 0 Å². The molecule has 1 amide bonds. The number of hydrogen-bond donors (Lipinski definition) is 2. The number of aryl methyl sites for hydroxylation is 2. The van der Waals surface area contributed by atoms with E-state index in [-0.39, 0.29) is 11.5 Å². The van der Waals surface area contributed by atoms with Gasteiger partial charge in [0.1, 0.15) is 4.83 Å². The first-order valence-electron chi connectivity index (χ1n) is 9.37. The molecule has 2 aromatic heterocycles. The predicted molar refractivity (Wildman–Crippen MR) is 114 cm³/mol. The van der Waals surface area contributed by atoms with Crippen molar-refractivity contribution in [3.05, 3.63) is 63.3 Å². The average molecular weight is 395 g/mol. The summed E-state index contributed by atoms with van der Waals surface area (Å²) < 4.78 is 1.61. The molecule has 0 saturated carbocycles. The van der Waals surface area contributed by atoms with Gasteiger partial charge in [0, 0.05) is 29.7 Å². The zero-order valence-corrected chi connectivity index (χ0v) is 16.6. The highest BCUT2D eigenvalue weighted by Crippen LogP contribution is 2.34. The minimum Gasteiger partial charge on any atom is -0.355 e. The lowest BCUT2D eigenvalue weighted by molar-refractivity contribution is 0.0963. The first-order chi connectivity index (χ1) is 13.6. The average Bonchev–Trinajstić information content (AvgIpc) is 3.09. The lowest BCUT2D eigenvalue weighted by atomic mass is 9.97. The molecule has 0 fully saturated rings. The van der Waals surface area contributed by atoms with E-state index in [0.717, 1.165) is 35.9 Å². The highest BCUT2D eigenvalue weighted by Gasteiger charge is 2.22.